The van der Waals surface area contributed by atoms with E-state index in [2.05, 4.69) is 10.6 Å². The molecule has 0 spiro atoms. The fraction of sp³-hybridized carbons (Fsp3) is 0.167. The van der Waals surface area contributed by atoms with Crippen molar-refractivity contribution in [3.63, 3.8) is 0 Å². The second-order valence-corrected chi connectivity index (χ2v) is 5.54. The van der Waals surface area contributed by atoms with Crippen LogP contribution in [0.5, 0.6) is 5.75 Å². The summed E-state index contributed by atoms with van der Waals surface area (Å²) in [6, 6.07) is 11.8. The van der Waals surface area contributed by atoms with Crippen molar-refractivity contribution in [2.45, 2.75) is 6.92 Å². The van der Waals surface area contributed by atoms with Gasteiger partial charge in [0.2, 0.25) is 0 Å². The van der Waals surface area contributed by atoms with Gasteiger partial charge in [0.05, 0.1) is 11.3 Å². The number of amides is 2. The minimum atomic E-state index is -0.651. The van der Waals surface area contributed by atoms with E-state index in [1.807, 2.05) is 19.1 Å². The highest BCUT2D eigenvalue weighted by Gasteiger charge is 2.18. The molecule has 7 heteroatoms. The molecule has 2 aromatic carbocycles. The van der Waals surface area contributed by atoms with Gasteiger partial charge >= 0.3 is 5.97 Å². The first-order valence-electron chi connectivity index (χ1n) is 7.61. The number of hydrogen-bond acceptors (Lipinski definition) is 5. The molecule has 25 heavy (non-hydrogen) atoms. The molecule has 3 rings (SSSR count). The molecule has 1 aliphatic rings. The van der Waals surface area contributed by atoms with Gasteiger partial charge in [-0.15, -0.1) is 0 Å². The predicted molar refractivity (Wildman–Crippen MR) is 90.7 cm³/mol. The van der Waals surface area contributed by atoms with Crippen LogP contribution in [0.2, 0.25) is 0 Å². The third-order valence-corrected chi connectivity index (χ3v) is 3.52. The number of nitrogens with one attached hydrogen (secondary N) is 2. The molecule has 2 amide bonds. The molecule has 0 saturated heterocycles. The van der Waals surface area contributed by atoms with Gasteiger partial charge in [-0.3, -0.25) is 9.59 Å². The Bertz CT molecular complexity index is 830. The fourth-order valence-corrected chi connectivity index (χ4v) is 2.25. The second-order valence-electron chi connectivity index (χ2n) is 5.54. The number of esters is 1. The number of hydrogen-bond donors (Lipinski definition) is 2. The molecule has 0 aromatic heterocycles. The molecule has 0 unspecified atom stereocenters. The third kappa shape index (κ3) is 4.14. The smallest absolute Gasteiger partial charge is 0.338 e. The molecule has 1 heterocycles. The van der Waals surface area contributed by atoms with Crippen LogP contribution in [-0.2, 0) is 14.3 Å². The zero-order chi connectivity index (χ0) is 17.8. The van der Waals surface area contributed by atoms with Crippen LogP contribution >= 0.6 is 0 Å². The van der Waals surface area contributed by atoms with Gasteiger partial charge in [0.25, 0.3) is 11.8 Å². The van der Waals surface area contributed by atoms with Gasteiger partial charge < -0.3 is 20.1 Å². The molecule has 2 aromatic rings. The van der Waals surface area contributed by atoms with E-state index in [-0.39, 0.29) is 18.1 Å². The number of anilines is 2. The van der Waals surface area contributed by atoms with Crippen LogP contribution < -0.4 is 15.4 Å². The Labute approximate surface area is 143 Å². The van der Waals surface area contributed by atoms with Crippen molar-refractivity contribution < 1.29 is 23.9 Å². The minimum absolute atomic E-state index is 0.107. The highest BCUT2D eigenvalue weighted by atomic mass is 16.5. The Kier molecular flexibility index (Phi) is 4.65. The first-order valence-corrected chi connectivity index (χ1v) is 7.61. The van der Waals surface area contributed by atoms with Crippen LogP contribution in [0.4, 0.5) is 11.4 Å². The molecular weight excluding hydrogens is 324 g/mol. The Morgan fingerprint density at radius 2 is 1.96 bits per heavy atom. The summed E-state index contributed by atoms with van der Waals surface area (Å²) >= 11 is 0. The standard InChI is InChI=1S/C18H16N2O5/c1-11-2-5-13(6-3-11)19-16(21)10-25-18(23)12-4-7-14-15(8-12)24-9-17(22)20-14/h2-8H,9-10H2,1H3,(H,19,21)(H,20,22). The maximum atomic E-state index is 12.1. The van der Waals surface area contributed by atoms with Gasteiger partial charge in [-0.1, -0.05) is 17.7 Å². The highest BCUT2D eigenvalue weighted by molar-refractivity contribution is 5.98. The van der Waals surface area contributed by atoms with E-state index in [4.69, 9.17) is 9.47 Å². The number of rotatable bonds is 4. The van der Waals surface area contributed by atoms with Gasteiger partial charge in [0, 0.05) is 5.69 Å². The normalized spacial score (nSPS) is 12.4. The summed E-state index contributed by atoms with van der Waals surface area (Å²) in [6.07, 6.45) is 0. The van der Waals surface area contributed by atoms with Crippen LogP contribution in [0.1, 0.15) is 15.9 Å². The first-order chi connectivity index (χ1) is 12.0. The maximum Gasteiger partial charge on any atom is 0.338 e. The van der Waals surface area contributed by atoms with Crippen LogP contribution in [0.25, 0.3) is 0 Å². The summed E-state index contributed by atoms with van der Waals surface area (Å²) in [5.74, 6) is -0.949. The van der Waals surface area contributed by atoms with Crippen molar-refractivity contribution in [2.24, 2.45) is 0 Å². The lowest BCUT2D eigenvalue weighted by Crippen LogP contribution is -2.25. The van der Waals surface area contributed by atoms with E-state index in [0.717, 1.165) is 5.56 Å². The van der Waals surface area contributed by atoms with E-state index in [1.165, 1.54) is 12.1 Å². The topological polar surface area (TPSA) is 93.7 Å². The molecular formula is C18H16N2O5. The Morgan fingerprint density at radius 1 is 1.20 bits per heavy atom. The molecule has 0 fully saturated rings. The summed E-state index contributed by atoms with van der Waals surface area (Å²) in [5, 5.41) is 5.27. The molecule has 7 nitrogen and oxygen atoms in total. The van der Waals surface area contributed by atoms with E-state index in [1.54, 1.807) is 18.2 Å². The lowest BCUT2D eigenvalue weighted by molar-refractivity contribution is -0.119. The largest absolute Gasteiger partial charge is 0.482 e. The minimum Gasteiger partial charge on any atom is -0.482 e. The van der Waals surface area contributed by atoms with Crippen molar-refractivity contribution in [3.8, 4) is 5.75 Å². The van der Waals surface area contributed by atoms with Crippen LogP contribution in [0.15, 0.2) is 42.5 Å². The summed E-state index contributed by atoms with van der Waals surface area (Å²) in [4.78, 5) is 35.1. The third-order valence-electron chi connectivity index (χ3n) is 3.52. The molecule has 1 aliphatic heterocycles. The van der Waals surface area contributed by atoms with Crippen molar-refractivity contribution in [1.82, 2.24) is 0 Å². The lowest BCUT2D eigenvalue weighted by Gasteiger charge is -2.18. The number of carbonyl (C=O) groups is 3. The summed E-state index contributed by atoms with van der Waals surface area (Å²) in [7, 11) is 0. The number of carbonyl (C=O) groups excluding carboxylic acids is 3. The zero-order valence-electron chi connectivity index (χ0n) is 13.5. The van der Waals surface area contributed by atoms with Crippen LogP contribution in [0.3, 0.4) is 0 Å². The Hall–Kier alpha value is -3.35. The Balaban J connectivity index is 1.56. The summed E-state index contributed by atoms with van der Waals surface area (Å²) in [5.41, 5.74) is 2.43. The van der Waals surface area contributed by atoms with E-state index in [9.17, 15) is 14.4 Å². The van der Waals surface area contributed by atoms with Crippen molar-refractivity contribution in [1.29, 1.82) is 0 Å². The van der Waals surface area contributed by atoms with Gasteiger partial charge in [-0.25, -0.2) is 4.79 Å². The highest BCUT2D eigenvalue weighted by Crippen LogP contribution is 2.28. The van der Waals surface area contributed by atoms with Crippen molar-refractivity contribution >= 4 is 29.2 Å². The molecule has 128 valence electrons. The first kappa shape index (κ1) is 16.5. The molecule has 0 aliphatic carbocycles. The molecule has 0 radical (unpaired) electrons. The number of aryl methyl sites for hydroxylation is 1. The maximum absolute atomic E-state index is 12.1. The molecule has 0 saturated carbocycles. The second kappa shape index (κ2) is 7.04. The summed E-state index contributed by atoms with van der Waals surface area (Å²) in [6.45, 7) is 1.44. The predicted octanol–water partition coefficient (Wildman–Crippen LogP) is 2.12. The number of fused-ring (bicyclic) bond motifs is 1. The van der Waals surface area contributed by atoms with E-state index in [0.29, 0.717) is 17.1 Å². The molecule has 0 atom stereocenters. The van der Waals surface area contributed by atoms with Gasteiger partial charge in [-0.2, -0.15) is 0 Å². The van der Waals surface area contributed by atoms with Crippen LogP contribution in [0, 0.1) is 6.92 Å². The zero-order valence-corrected chi connectivity index (χ0v) is 13.5. The van der Waals surface area contributed by atoms with Gasteiger partial charge in [0.15, 0.2) is 13.2 Å². The summed E-state index contributed by atoms with van der Waals surface area (Å²) < 4.78 is 10.2. The number of benzene rings is 2. The van der Waals surface area contributed by atoms with E-state index >= 15 is 0 Å². The van der Waals surface area contributed by atoms with Crippen molar-refractivity contribution in [2.75, 3.05) is 23.8 Å². The monoisotopic (exact) mass is 340 g/mol. The quantitative estimate of drug-likeness (QED) is 0.832. The average Bonchev–Trinajstić information content (AvgIpc) is 2.61. The Morgan fingerprint density at radius 3 is 2.72 bits per heavy atom. The fourth-order valence-electron chi connectivity index (χ4n) is 2.25. The van der Waals surface area contributed by atoms with Gasteiger partial charge in [0.1, 0.15) is 5.75 Å². The molecule has 2 N–H and O–H groups in total. The SMILES string of the molecule is Cc1ccc(NC(=O)COC(=O)c2ccc3c(c2)OCC(=O)N3)cc1. The van der Waals surface area contributed by atoms with Gasteiger partial charge in [-0.05, 0) is 37.3 Å². The van der Waals surface area contributed by atoms with E-state index < -0.39 is 18.5 Å². The average molecular weight is 340 g/mol. The molecule has 0 bridgehead atoms. The lowest BCUT2D eigenvalue weighted by atomic mass is 10.1. The van der Waals surface area contributed by atoms with Crippen LogP contribution in [-0.4, -0.2) is 31.0 Å². The number of ether oxygens (including phenoxy) is 2. The van der Waals surface area contributed by atoms with Crippen molar-refractivity contribution in [3.05, 3.63) is 53.6 Å².